The highest BCUT2D eigenvalue weighted by Gasteiger charge is 2.28. The van der Waals surface area contributed by atoms with Gasteiger partial charge in [-0.15, -0.1) is 5.92 Å². The molecule has 0 spiro atoms. The summed E-state index contributed by atoms with van der Waals surface area (Å²) in [6.45, 7) is 3.32. The van der Waals surface area contributed by atoms with Gasteiger partial charge in [0.05, 0.1) is 10.9 Å². The molecule has 144 valence electrons. The van der Waals surface area contributed by atoms with Crippen molar-refractivity contribution < 1.29 is 27.1 Å². The maximum absolute atomic E-state index is 13.3. The zero-order valence-corrected chi connectivity index (χ0v) is 15.6. The van der Waals surface area contributed by atoms with Gasteiger partial charge in [-0.05, 0) is 62.2 Å². The minimum absolute atomic E-state index is 0.00378. The second-order valence-corrected chi connectivity index (χ2v) is 7.56. The third-order valence-electron chi connectivity index (χ3n) is 3.75. The monoisotopic (exact) mass is 395 g/mol. The van der Waals surface area contributed by atoms with Gasteiger partial charge in [-0.1, -0.05) is 16.5 Å². The standard InChI is InChI=1S/C19H19F2NO4S/c1-3-4-11-26-16-6-8-17(9-7-16)27(24,25)22(23)14(2)12-15-5-10-18(20)19(21)13-15/h5-10,13-14,23H,11-12H2,1-2H3/t14-/m1/s1. The van der Waals surface area contributed by atoms with Crippen LogP contribution in [0.15, 0.2) is 47.4 Å². The van der Waals surface area contributed by atoms with Crippen LogP contribution in [0.4, 0.5) is 8.78 Å². The summed E-state index contributed by atoms with van der Waals surface area (Å²) in [6.07, 6.45) is 0.00378. The Morgan fingerprint density at radius 2 is 1.81 bits per heavy atom. The molecular weight excluding hydrogens is 376 g/mol. The Balaban J connectivity index is 2.11. The molecule has 0 saturated heterocycles. The smallest absolute Gasteiger partial charge is 0.265 e. The van der Waals surface area contributed by atoms with E-state index in [2.05, 4.69) is 11.8 Å². The first kappa shape index (κ1) is 20.8. The molecule has 0 fully saturated rings. The molecule has 8 heteroatoms. The van der Waals surface area contributed by atoms with Crippen molar-refractivity contribution in [2.24, 2.45) is 0 Å². The molecular formula is C19H19F2NO4S. The Morgan fingerprint density at radius 1 is 1.15 bits per heavy atom. The molecule has 0 unspecified atom stereocenters. The average Bonchev–Trinajstić information content (AvgIpc) is 2.64. The molecule has 1 N–H and O–H groups in total. The minimum Gasteiger partial charge on any atom is -0.481 e. The topological polar surface area (TPSA) is 66.8 Å². The van der Waals surface area contributed by atoms with E-state index in [1.807, 2.05) is 0 Å². The van der Waals surface area contributed by atoms with Crippen molar-refractivity contribution in [2.45, 2.75) is 31.2 Å². The Labute approximate surface area is 157 Å². The second kappa shape index (κ2) is 8.95. The molecule has 0 heterocycles. The molecule has 0 aliphatic carbocycles. The van der Waals surface area contributed by atoms with E-state index in [4.69, 9.17) is 4.74 Å². The van der Waals surface area contributed by atoms with Crippen molar-refractivity contribution in [3.63, 3.8) is 0 Å². The summed E-state index contributed by atoms with van der Waals surface area (Å²) in [6, 6.07) is 7.88. The van der Waals surface area contributed by atoms with Crippen LogP contribution >= 0.6 is 0 Å². The molecule has 0 bridgehead atoms. The molecule has 2 aromatic rings. The van der Waals surface area contributed by atoms with E-state index in [1.54, 1.807) is 6.92 Å². The molecule has 2 rings (SSSR count). The fraction of sp³-hybridized carbons (Fsp3) is 0.263. The summed E-state index contributed by atoms with van der Waals surface area (Å²) in [7, 11) is -4.18. The van der Waals surface area contributed by atoms with Crippen LogP contribution in [0.5, 0.6) is 5.75 Å². The molecule has 27 heavy (non-hydrogen) atoms. The summed E-state index contributed by atoms with van der Waals surface area (Å²) < 4.78 is 56.9. The SMILES string of the molecule is CC#CCOc1ccc(S(=O)(=O)N(O)[C@H](C)Cc2ccc(F)c(F)c2)cc1. The van der Waals surface area contributed by atoms with Gasteiger partial charge in [0, 0.05) is 0 Å². The molecule has 0 amide bonds. The summed E-state index contributed by atoms with van der Waals surface area (Å²) in [5.74, 6) is 3.80. The Hall–Kier alpha value is -2.47. The van der Waals surface area contributed by atoms with Gasteiger partial charge in [0.15, 0.2) is 11.6 Å². The normalized spacial score (nSPS) is 12.4. The Morgan fingerprint density at radius 3 is 2.41 bits per heavy atom. The Kier molecular flexibility index (Phi) is 6.91. The molecule has 2 aromatic carbocycles. The van der Waals surface area contributed by atoms with E-state index in [0.717, 1.165) is 12.1 Å². The van der Waals surface area contributed by atoms with E-state index in [1.165, 1.54) is 37.3 Å². The van der Waals surface area contributed by atoms with Crippen LogP contribution in [0.2, 0.25) is 0 Å². The number of hydroxylamine groups is 1. The fourth-order valence-electron chi connectivity index (χ4n) is 2.33. The predicted molar refractivity (Wildman–Crippen MR) is 95.7 cm³/mol. The van der Waals surface area contributed by atoms with Crippen LogP contribution in [0.1, 0.15) is 19.4 Å². The van der Waals surface area contributed by atoms with Gasteiger partial charge in [0.1, 0.15) is 12.4 Å². The first-order valence-electron chi connectivity index (χ1n) is 8.05. The third kappa shape index (κ3) is 5.26. The van der Waals surface area contributed by atoms with Crippen molar-refractivity contribution in [3.8, 4) is 17.6 Å². The predicted octanol–water partition coefficient (Wildman–Crippen LogP) is 3.38. The van der Waals surface area contributed by atoms with Gasteiger partial charge in [-0.2, -0.15) is 0 Å². The van der Waals surface area contributed by atoms with Gasteiger partial charge in [0.25, 0.3) is 10.0 Å². The van der Waals surface area contributed by atoms with Gasteiger partial charge < -0.3 is 4.74 Å². The highest BCUT2D eigenvalue weighted by molar-refractivity contribution is 7.89. The van der Waals surface area contributed by atoms with Gasteiger partial charge in [-0.3, -0.25) is 5.21 Å². The number of nitrogens with zero attached hydrogens (tertiary/aromatic N) is 1. The van der Waals surface area contributed by atoms with Crippen LogP contribution in [-0.2, 0) is 16.4 Å². The summed E-state index contributed by atoms with van der Waals surface area (Å²) in [5.41, 5.74) is 0.358. The third-order valence-corrected chi connectivity index (χ3v) is 5.47. The van der Waals surface area contributed by atoms with Crippen LogP contribution < -0.4 is 4.74 Å². The highest BCUT2D eigenvalue weighted by atomic mass is 32.2. The van der Waals surface area contributed by atoms with E-state index < -0.39 is 27.7 Å². The zero-order chi connectivity index (χ0) is 20.0. The van der Waals surface area contributed by atoms with Gasteiger partial charge in [-0.25, -0.2) is 17.2 Å². The molecule has 5 nitrogen and oxygen atoms in total. The lowest BCUT2D eigenvalue weighted by atomic mass is 10.1. The number of halogens is 2. The molecule has 1 atom stereocenters. The van der Waals surface area contributed by atoms with Crippen molar-refractivity contribution in [3.05, 3.63) is 59.7 Å². The van der Waals surface area contributed by atoms with E-state index in [0.29, 0.717) is 11.3 Å². The van der Waals surface area contributed by atoms with Crippen molar-refractivity contribution in [2.75, 3.05) is 6.61 Å². The number of rotatable bonds is 7. The molecule has 0 radical (unpaired) electrons. The highest BCUT2D eigenvalue weighted by Crippen LogP contribution is 2.21. The lowest BCUT2D eigenvalue weighted by Gasteiger charge is -2.22. The lowest BCUT2D eigenvalue weighted by Crippen LogP contribution is -2.37. The second-order valence-electron chi connectivity index (χ2n) is 5.77. The maximum atomic E-state index is 13.3. The summed E-state index contributed by atoms with van der Waals surface area (Å²) >= 11 is 0. The number of sulfonamides is 1. The molecule has 0 aromatic heterocycles. The summed E-state index contributed by atoms with van der Waals surface area (Å²) in [5, 5.41) is 10.2. The first-order valence-corrected chi connectivity index (χ1v) is 9.49. The summed E-state index contributed by atoms with van der Waals surface area (Å²) in [4.78, 5) is -0.129. The zero-order valence-electron chi connectivity index (χ0n) is 14.8. The number of benzene rings is 2. The average molecular weight is 395 g/mol. The van der Waals surface area contributed by atoms with E-state index >= 15 is 0 Å². The van der Waals surface area contributed by atoms with Crippen LogP contribution in [0, 0.1) is 23.5 Å². The minimum atomic E-state index is -4.18. The number of hydrogen-bond donors (Lipinski definition) is 1. The largest absolute Gasteiger partial charge is 0.481 e. The Bertz CT molecular complexity index is 950. The van der Waals surface area contributed by atoms with Crippen molar-refractivity contribution in [1.82, 2.24) is 4.47 Å². The van der Waals surface area contributed by atoms with Gasteiger partial charge >= 0.3 is 0 Å². The van der Waals surface area contributed by atoms with Crippen LogP contribution in [-0.4, -0.2) is 30.7 Å². The maximum Gasteiger partial charge on any atom is 0.265 e. The van der Waals surface area contributed by atoms with Crippen LogP contribution in [0.3, 0.4) is 0 Å². The number of hydrogen-bond acceptors (Lipinski definition) is 4. The van der Waals surface area contributed by atoms with Crippen molar-refractivity contribution in [1.29, 1.82) is 0 Å². The number of ether oxygens (including phenoxy) is 1. The van der Waals surface area contributed by atoms with Crippen molar-refractivity contribution >= 4 is 10.0 Å². The quantitative estimate of drug-likeness (QED) is 0.577. The van der Waals surface area contributed by atoms with E-state index in [-0.39, 0.29) is 22.4 Å². The lowest BCUT2D eigenvalue weighted by molar-refractivity contribution is -0.0296. The van der Waals surface area contributed by atoms with Crippen LogP contribution in [0.25, 0.3) is 0 Å². The first-order chi connectivity index (χ1) is 12.8. The molecule has 0 aliphatic heterocycles. The molecule has 0 aliphatic rings. The van der Waals surface area contributed by atoms with Gasteiger partial charge in [0.2, 0.25) is 0 Å². The molecule has 0 saturated carbocycles. The van der Waals surface area contributed by atoms with E-state index in [9.17, 15) is 22.4 Å². The fourth-order valence-corrected chi connectivity index (χ4v) is 3.57.